The number of carbonyl (C=O) groups is 1. The van der Waals surface area contributed by atoms with Gasteiger partial charge in [0.2, 0.25) is 5.91 Å². The molecule has 1 fully saturated rings. The SMILES string of the molecule is NC(=O)CCCCNc1cc(N)nc(C2CC2)n1. The third-order valence-corrected chi connectivity index (χ3v) is 2.86. The fraction of sp³-hybridized carbons (Fsp3) is 0.583. The molecule has 0 spiro atoms. The van der Waals surface area contributed by atoms with Gasteiger partial charge in [-0.2, -0.15) is 0 Å². The molecule has 6 heteroatoms. The van der Waals surface area contributed by atoms with Crippen molar-refractivity contribution in [3.05, 3.63) is 11.9 Å². The Morgan fingerprint density at radius 3 is 2.83 bits per heavy atom. The fourth-order valence-electron chi connectivity index (χ4n) is 1.74. The Hall–Kier alpha value is -1.85. The fourth-order valence-corrected chi connectivity index (χ4v) is 1.74. The number of hydrogen-bond acceptors (Lipinski definition) is 5. The zero-order valence-electron chi connectivity index (χ0n) is 10.4. The van der Waals surface area contributed by atoms with Gasteiger partial charge in [-0.3, -0.25) is 4.79 Å². The highest BCUT2D eigenvalue weighted by Gasteiger charge is 2.27. The summed E-state index contributed by atoms with van der Waals surface area (Å²) in [6.45, 7) is 0.758. The normalized spacial score (nSPS) is 14.4. The molecule has 1 heterocycles. The number of amides is 1. The van der Waals surface area contributed by atoms with Crippen LogP contribution in [0.25, 0.3) is 0 Å². The standard InChI is InChI=1S/C12H19N5O/c13-9-7-11(15-6-2-1-3-10(14)18)17-12(16-9)8-4-5-8/h7-8H,1-6H2,(H2,14,18)(H3,13,15,16,17). The maximum absolute atomic E-state index is 10.6. The van der Waals surface area contributed by atoms with Crippen molar-refractivity contribution in [3.8, 4) is 0 Å². The van der Waals surface area contributed by atoms with Crippen LogP contribution < -0.4 is 16.8 Å². The molecule has 98 valence electrons. The van der Waals surface area contributed by atoms with Crippen LogP contribution in [0.2, 0.25) is 0 Å². The van der Waals surface area contributed by atoms with Crippen molar-refractivity contribution < 1.29 is 4.79 Å². The quantitative estimate of drug-likeness (QED) is 0.625. The van der Waals surface area contributed by atoms with E-state index in [0.717, 1.165) is 43.9 Å². The Morgan fingerprint density at radius 2 is 2.17 bits per heavy atom. The van der Waals surface area contributed by atoms with Gasteiger partial charge in [0.25, 0.3) is 0 Å². The minimum absolute atomic E-state index is 0.252. The molecule has 0 bridgehead atoms. The molecule has 0 atom stereocenters. The number of primary amides is 1. The van der Waals surface area contributed by atoms with Gasteiger partial charge in [-0.25, -0.2) is 9.97 Å². The summed E-state index contributed by atoms with van der Waals surface area (Å²) < 4.78 is 0. The highest BCUT2D eigenvalue weighted by Crippen LogP contribution is 2.38. The van der Waals surface area contributed by atoms with Crippen LogP contribution in [-0.4, -0.2) is 22.4 Å². The number of nitrogens with two attached hydrogens (primary N) is 2. The summed E-state index contributed by atoms with van der Waals surface area (Å²) in [5, 5.41) is 3.20. The number of nitrogen functional groups attached to an aromatic ring is 1. The summed E-state index contributed by atoms with van der Waals surface area (Å²) in [7, 11) is 0. The van der Waals surface area contributed by atoms with Gasteiger partial charge >= 0.3 is 0 Å². The topological polar surface area (TPSA) is 107 Å². The van der Waals surface area contributed by atoms with Crippen molar-refractivity contribution in [2.24, 2.45) is 5.73 Å². The molecule has 1 aliphatic carbocycles. The molecule has 5 N–H and O–H groups in total. The number of hydrogen-bond donors (Lipinski definition) is 3. The molecule has 0 unspecified atom stereocenters. The molecule has 0 saturated heterocycles. The van der Waals surface area contributed by atoms with Gasteiger partial charge in [0.15, 0.2) is 0 Å². The lowest BCUT2D eigenvalue weighted by molar-refractivity contribution is -0.118. The van der Waals surface area contributed by atoms with E-state index < -0.39 is 0 Å². The molecule has 18 heavy (non-hydrogen) atoms. The molecule has 1 saturated carbocycles. The Morgan fingerprint density at radius 1 is 1.39 bits per heavy atom. The van der Waals surface area contributed by atoms with E-state index in [1.165, 1.54) is 0 Å². The lowest BCUT2D eigenvalue weighted by Gasteiger charge is -2.07. The van der Waals surface area contributed by atoms with Crippen molar-refractivity contribution in [2.45, 2.75) is 38.0 Å². The number of nitrogens with one attached hydrogen (secondary N) is 1. The predicted octanol–water partition coefficient (Wildman–Crippen LogP) is 1.00. The number of anilines is 2. The van der Waals surface area contributed by atoms with Crippen molar-refractivity contribution in [3.63, 3.8) is 0 Å². The predicted molar refractivity (Wildman–Crippen MR) is 70.0 cm³/mol. The maximum atomic E-state index is 10.6. The van der Waals surface area contributed by atoms with Crippen LogP contribution in [0.4, 0.5) is 11.6 Å². The average molecular weight is 249 g/mol. The number of unbranched alkanes of at least 4 members (excludes halogenated alkanes) is 1. The number of carbonyl (C=O) groups excluding carboxylic acids is 1. The Balaban J connectivity index is 1.79. The van der Waals surface area contributed by atoms with Gasteiger partial charge in [0.1, 0.15) is 17.5 Å². The number of nitrogens with zero attached hydrogens (tertiary/aromatic N) is 2. The minimum atomic E-state index is -0.252. The summed E-state index contributed by atoms with van der Waals surface area (Å²) >= 11 is 0. The van der Waals surface area contributed by atoms with E-state index in [4.69, 9.17) is 11.5 Å². The summed E-state index contributed by atoms with van der Waals surface area (Å²) in [6, 6.07) is 1.74. The second-order valence-electron chi connectivity index (χ2n) is 4.66. The largest absolute Gasteiger partial charge is 0.384 e. The van der Waals surface area contributed by atoms with Gasteiger partial charge in [-0.15, -0.1) is 0 Å². The van der Waals surface area contributed by atoms with Crippen LogP contribution in [-0.2, 0) is 4.79 Å². The van der Waals surface area contributed by atoms with Crippen LogP contribution in [0.15, 0.2) is 6.07 Å². The Bertz CT molecular complexity index is 430. The molecule has 1 aromatic rings. The third-order valence-electron chi connectivity index (χ3n) is 2.86. The molecule has 1 aromatic heterocycles. The molecule has 1 amide bonds. The zero-order valence-corrected chi connectivity index (χ0v) is 10.4. The lowest BCUT2D eigenvalue weighted by Crippen LogP contribution is -2.11. The van der Waals surface area contributed by atoms with E-state index in [9.17, 15) is 4.79 Å². The van der Waals surface area contributed by atoms with Gasteiger partial charge in [0.05, 0.1) is 0 Å². The third kappa shape index (κ3) is 3.87. The molecule has 2 rings (SSSR count). The first kappa shape index (κ1) is 12.6. The summed E-state index contributed by atoms with van der Waals surface area (Å²) in [5.74, 6) is 2.35. The second kappa shape index (κ2) is 5.66. The minimum Gasteiger partial charge on any atom is -0.384 e. The van der Waals surface area contributed by atoms with E-state index >= 15 is 0 Å². The van der Waals surface area contributed by atoms with E-state index in [2.05, 4.69) is 15.3 Å². The first-order valence-corrected chi connectivity index (χ1v) is 6.32. The molecule has 0 radical (unpaired) electrons. The van der Waals surface area contributed by atoms with Crippen LogP contribution in [0.3, 0.4) is 0 Å². The number of aromatic nitrogens is 2. The van der Waals surface area contributed by atoms with Crippen LogP contribution in [0, 0.1) is 0 Å². The van der Waals surface area contributed by atoms with Crippen molar-refractivity contribution in [2.75, 3.05) is 17.6 Å². The summed E-state index contributed by atoms with van der Waals surface area (Å²) in [5.41, 5.74) is 10.8. The van der Waals surface area contributed by atoms with E-state index in [0.29, 0.717) is 18.2 Å². The lowest BCUT2D eigenvalue weighted by atomic mass is 10.2. The van der Waals surface area contributed by atoms with Gasteiger partial charge in [-0.05, 0) is 25.7 Å². The zero-order chi connectivity index (χ0) is 13.0. The van der Waals surface area contributed by atoms with Crippen LogP contribution in [0.1, 0.15) is 43.8 Å². The van der Waals surface area contributed by atoms with Crippen molar-refractivity contribution >= 4 is 17.5 Å². The Kier molecular flexibility index (Phi) is 3.96. The van der Waals surface area contributed by atoms with Gasteiger partial charge in [-0.1, -0.05) is 0 Å². The van der Waals surface area contributed by atoms with E-state index in [1.807, 2.05) is 0 Å². The molecule has 0 aliphatic heterocycles. The Labute approximate surface area is 106 Å². The van der Waals surface area contributed by atoms with Crippen LogP contribution in [0.5, 0.6) is 0 Å². The molecule has 0 aromatic carbocycles. The summed E-state index contributed by atoms with van der Waals surface area (Å²) in [4.78, 5) is 19.2. The van der Waals surface area contributed by atoms with E-state index in [-0.39, 0.29) is 5.91 Å². The van der Waals surface area contributed by atoms with Gasteiger partial charge in [0, 0.05) is 24.9 Å². The molecule has 1 aliphatic rings. The molecule has 6 nitrogen and oxygen atoms in total. The summed E-state index contributed by atoms with van der Waals surface area (Å²) in [6.07, 6.45) is 4.41. The first-order chi connectivity index (χ1) is 8.65. The average Bonchev–Trinajstić information content (AvgIpc) is 3.11. The molecular formula is C12H19N5O. The number of rotatable bonds is 7. The van der Waals surface area contributed by atoms with E-state index in [1.54, 1.807) is 6.07 Å². The first-order valence-electron chi connectivity index (χ1n) is 6.32. The van der Waals surface area contributed by atoms with Crippen LogP contribution >= 0.6 is 0 Å². The highest BCUT2D eigenvalue weighted by atomic mass is 16.1. The van der Waals surface area contributed by atoms with Gasteiger partial charge < -0.3 is 16.8 Å². The van der Waals surface area contributed by atoms with Crippen molar-refractivity contribution in [1.82, 2.24) is 9.97 Å². The monoisotopic (exact) mass is 249 g/mol. The highest BCUT2D eigenvalue weighted by molar-refractivity contribution is 5.73. The smallest absolute Gasteiger partial charge is 0.217 e. The second-order valence-corrected chi connectivity index (χ2v) is 4.66. The van der Waals surface area contributed by atoms with Crippen molar-refractivity contribution in [1.29, 1.82) is 0 Å². The maximum Gasteiger partial charge on any atom is 0.217 e. The molecular weight excluding hydrogens is 230 g/mol.